The van der Waals surface area contributed by atoms with Gasteiger partial charge in [0.15, 0.2) is 0 Å². The molecule has 35 heavy (non-hydrogen) atoms. The summed E-state index contributed by atoms with van der Waals surface area (Å²) in [5, 5.41) is 10.1. The Kier molecular flexibility index (Phi) is 7.56. The minimum atomic E-state index is -0.249. The fourth-order valence-electron chi connectivity index (χ4n) is 6.44. The number of amides is 2. The van der Waals surface area contributed by atoms with Crippen LogP contribution in [0.2, 0.25) is 0 Å². The second-order valence-corrected chi connectivity index (χ2v) is 10.9. The summed E-state index contributed by atoms with van der Waals surface area (Å²) in [6.07, 6.45) is 6.50. The van der Waals surface area contributed by atoms with E-state index in [0.29, 0.717) is 31.2 Å². The fraction of sp³-hybridized carbons (Fsp3) is 0.600. The lowest BCUT2D eigenvalue weighted by Gasteiger charge is -2.33. The van der Waals surface area contributed by atoms with Crippen molar-refractivity contribution in [3.05, 3.63) is 45.5 Å². The maximum Gasteiger partial charge on any atom is 0.233 e. The molecular formula is C30H41NO4. The number of phenolic OH excluding ortho intramolecular Hbond substituents is 1. The van der Waals surface area contributed by atoms with Crippen molar-refractivity contribution in [2.24, 2.45) is 23.7 Å². The van der Waals surface area contributed by atoms with E-state index in [-0.39, 0.29) is 35.7 Å². The molecule has 2 aliphatic heterocycles. The Balaban J connectivity index is 1.56. The van der Waals surface area contributed by atoms with Gasteiger partial charge in [0.05, 0.1) is 24.5 Å². The molecule has 0 radical (unpaired) electrons. The summed E-state index contributed by atoms with van der Waals surface area (Å²) in [6.45, 7) is 13.5. The highest BCUT2D eigenvalue weighted by molar-refractivity contribution is 6.06. The topological polar surface area (TPSA) is 66.8 Å². The maximum atomic E-state index is 13.3. The van der Waals surface area contributed by atoms with Crippen molar-refractivity contribution in [3.63, 3.8) is 0 Å². The quantitative estimate of drug-likeness (QED) is 0.369. The van der Waals surface area contributed by atoms with Gasteiger partial charge in [0.2, 0.25) is 11.8 Å². The zero-order valence-electron chi connectivity index (χ0n) is 22.2. The molecule has 3 aliphatic rings. The summed E-state index contributed by atoms with van der Waals surface area (Å²) < 4.78 is 6.37. The second kappa shape index (κ2) is 10.3. The summed E-state index contributed by atoms with van der Waals surface area (Å²) in [4.78, 5) is 27.9. The molecule has 0 saturated carbocycles. The smallest absolute Gasteiger partial charge is 0.233 e. The third kappa shape index (κ3) is 4.72. The van der Waals surface area contributed by atoms with E-state index in [2.05, 4.69) is 26.8 Å². The highest BCUT2D eigenvalue weighted by Gasteiger charge is 2.56. The first kappa shape index (κ1) is 25.7. The molecule has 2 heterocycles. The summed E-state index contributed by atoms with van der Waals surface area (Å²) in [5.74, 6) is 0.319. The molecule has 0 aromatic heterocycles. The molecule has 190 valence electrons. The number of nitrogens with zero attached hydrogens (tertiary/aromatic N) is 1. The van der Waals surface area contributed by atoms with Crippen LogP contribution in [-0.2, 0) is 14.3 Å². The van der Waals surface area contributed by atoms with Crippen molar-refractivity contribution >= 4 is 17.9 Å². The molecule has 0 bridgehead atoms. The predicted octanol–water partition coefficient (Wildman–Crippen LogP) is 5.97. The van der Waals surface area contributed by atoms with Crippen LogP contribution >= 0.6 is 0 Å². The van der Waals surface area contributed by atoms with Gasteiger partial charge in [0, 0.05) is 12.5 Å². The van der Waals surface area contributed by atoms with E-state index in [9.17, 15) is 14.7 Å². The van der Waals surface area contributed by atoms with Crippen molar-refractivity contribution < 1.29 is 19.4 Å². The number of fused-ring (bicyclic) bond motifs is 3. The Hall–Kier alpha value is -2.40. The molecule has 5 nitrogen and oxygen atoms in total. The van der Waals surface area contributed by atoms with E-state index in [1.807, 2.05) is 32.9 Å². The SMILES string of the molecule is CCCN1C(=O)[C@@H]2[C@@H](CC(C(C)C)=C3[C@@H](CC/C(=C/c4cc(C)c(O)c(C)c4)CC)OC[C@@H]32)C1=O. The van der Waals surface area contributed by atoms with Gasteiger partial charge in [-0.2, -0.15) is 0 Å². The Bertz CT molecular complexity index is 1040. The van der Waals surface area contributed by atoms with Crippen LogP contribution in [0.4, 0.5) is 0 Å². The number of hydrogen-bond acceptors (Lipinski definition) is 4. The van der Waals surface area contributed by atoms with Crippen molar-refractivity contribution in [1.82, 2.24) is 4.90 Å². The number of ether oxygens (including phenoxy) is 1. The Morgan fingerprint density at radius 2 is 1.83 bits per heavy atom. The van der Waals surface area contributed by atoms with Crippen molar-refractivity contribution in [1.29, 1.82) is 0 Å². The molecule has 2 amide bonds. The average molecular weight is 480 g/mol. The molecule has 5 heteroatoms. The Morgan fingerprint density at radius 1 is 1.14 bits per heavy atom. The normalized spacial score (nSPS) is 26.7. The third-order valence-corrected chi connectivity index (χ3v) is 8.25. The fourth-order valence-corrected chi connectivity index (χ4v) is 6.44. The highest BCUT2D eigenvalue weighted by Crippen LogP contribution is 2.51. The Labute approximate surface area is 210 Å². The van der Waals surface area contributed by atoms with Crippen LogP contribution < -0.4 is 0 Å². The van der Waals surface area contributed by atoms with E-state index in [4.69, 9.17) is 4.74 Å². The van der Waals surface area contributed by atoms with Gasteiger partial charge in [-0.15, -0.1) is 0 Å². The van der Waals surface area contributed by atoms with Gasteiger partial charge < -0.3 is 9.84 Å². The lowest BCUT2D eigenvalue weighted by molar-refractivity contribution is -0.140. The van der Waals surface area contributed by atoms with Gasteiger partial charge in [-0.1, -0.05) is 44.9 Å². The largest absolute Gasteiger partial charge is 0.507 e. The first-order valence-corrected chi connectivity index (χ1v) is 13.4. The van der Waals surface area contributed by atoms with Crippen LogP contribution in [0.1, 0.15) is 76.5 Å². The van der Waals surface area contributed by atoms with Crippen molar-refractivity contribution in [2.75, 3.05) is 13.2 Å². The van der Waals surface area contributed by atoms with Crippen LogP contribution in [0, 0.1) is 37.5 Å². The summed E-state index contributed by atoms with van der Waals surface area (Å²) in [6, 6.07) is 4.07. The minimum absolute atomic E-state index is 0.0136. The molecule has 4 atom stereocenters. The molecule has 2 saturated heterocycles. The number of rotatable bonds is 8. The number of aryl methyl sites for hydroxylation is 2. The highest BCUT2D eigenvalue weighted by atomic mass is 16.5. The number of benzene rings is 1. The monoisotopic (exact) mass is 479 g/mol. The number of hydrogen-bond donors (Lipinski definition) is 1. The summed E-state index contributed by atoms with van der Waals surface area (Å²) in [7, 11) is 0. The number of carbonyl (C=O) groups is 2. The van der Waals surface area contributed by atoms with E-state index >= 15 is 0 Å². The van der Waals surface area contributed by atoms with Crippen LogP contribution in [0.25, 0.3) is 6.08 Å². The molecule has 0 unspecified atom stereocenters. The number of allylic oxidation sites excluding steroid dienone is 2. The van der Waals surface area contributed by atoms with E-state index in [0.717, 1.165) is 42.4 Å². The Morgan fingerprint density at radius 3 is 2.43 bits per heavy atom. The number of likely N-dealkylation sites (tertiary alicyclic amines) is 1. The van der Waals surface area contributed by atoms with Gasteiger partial charge >= 0.3 is 0 Å². The second-order valence-electron chi connectivity index (χ2n) is 10.9. The van der Waals surface area contributed by atoms with Gasteiger partial charge in [-0.25, -0.2) is 0 Å². The van der Waals surface area contributed by atoms with Crippen molar-refractivity contribution in [3.8, 4) is 5.75 Å². The summed E-state index contributed by atoms with van der Waals surface area (Å²) >= 11 is 0. The predicted molar refractivity (Wildman–Crippen MR) is 139 cm³/mol. The lowest BCUT2D eigenvalue weighted by atomic mass is 9.67. The molecule has 0 spiro atoms. The standard InChI is InChI=1S/C30H41NO4/c1-7-11-31-29(33)23-15-22(17(3)4)26-24(27(23)30(31)34)16-35-25(26)10-9-20(8-2)14-21-12-18(5)28(32)19(6)13-21/h12-14,17,23-25,27,32H,7-11,15-16H2,1-6H3/b20-14+/t23-,24+,25-,27-/m1/s1. The molecule has 1 aliphatic carbocycles. The summed E-state index contributed by atoms with van der Waals surface area (Å²) in [5.41, 5.74) is 6.91. The molecular weight excluding hydrogens is 438 g/mol. The molecule has 1 aromatic rings. The zero-order valence-corrected chi connectivity index (χ0v) is 22.2. The first-order valence-electron chi connectivity index (χ1n) is 13.4. The number of phenols is 1. The third-order valence-electron chi connectivity index (χ3n) is 8.25. The molecule has 1 N–H and O–H groups in total. The number of aromatic hydroxyl groups is 1. The van der Waals surface area contributed by atoms with Gasteiger partial charge in [0.1, 0.15) is 5.75 Å². The number of imide groups is 1. The van der Waals surface area contributed by atoms with Crippen LogP contribution in [0.15, 0.2) is 28.9 Å². The molecule has 4 rings (SSSR count). The van der Waals surface area contributed by atoms with Crippen LogP contribution in [-0.4, -0.2) is 41.1 Å². The van der Waals surface area contributed by atoms with Gasteiger partial charge in [0.25, 0.3) is 0 Å². The minimum Gasteiger partial charge on any atom is -0.507 e. The van der Waals surface area contributed by atoms with Crippen molar-refractivity contribution in [2.45, 2.75) is 79.8 Å². The molecule has 1 aromatic carbocycles. The first-order chi connectivity index (χ1) is 16.7. The van der Waals surface area contributed by atoms with Crippen LogP contribution in [0.3, 0.4) is 0 Å². The number of carbonyl (C=O) groups excluding carboxylic acids is 2. The zero-order chi connectivity index (χ0) is 25.4. The maximum absolute atomic E-state index is 13.3. The van der Waals surface area contributed by atoms with E-state index in [1.165, 1.54) is 21.6 Å². The average Bonchev–Trinajstić information content (AvgIpc) is 3.34. The van der Waals surface area contributed by atoms with E-state index < -0.39 is 0 Å². The van der Waals surface area contributed by atoms with Gasteiger partial charge in [-0.05, 0) is 86.3 Å². The van der Waals surface area contributed by atoms with E-state index in [1.54, 1.807) is 0 Å². The van der Waals surface area contributed by atoms with Gasteiger partial charge in [-0.3, -0.25) is 14.5 Å². The lowest BCUT2D eigenvalue weighted by Crippen LogP contribution is -2.35. The molecule has 2 fully saturated rings. The van der Waals surface area contributed by atoms with Crippen LogP contribution in [0.5, 0.6) is 5.75 Å².